The number of aromatic carboxylic acids is 1. The number of nitro benzene ring substituents is 1. The summed E-state index contributed by atoms with van der Waals surface area (Å²) in [5, 5.41) is 34.7. The molecule has 0 amide bonds. The molecule has 0 radical (unpaired) electrons. The minimum atomic E-state index is -4.36. The molecule has 0 atom stereocenters. The quantitative estimate of drug-likeness (QED) is 0.177. The zero-order valence-corrected chi connectivity index (χ0v) is 19.6. The van der Waals surface area contributed by atoms with Crippen molar-refractivity contribution < 1.29 is 37.8 Å². The molecular weight excluding hydrogens is 496 g/mol. The fraction of sp³-hybridized carbons (Fsp3) is 0.0909. The van der Waals surface area contributed by atoms with Gasteiger partial charge in [-0.1, -0.05) is 12.1 Å². The van der Waals surface area contributed by atoms with Gasteiger partial charge in [0.15, 0.2) is 11.5 Å². The van der Waals surface area contributed by atoms with Gasteiger partial charge in [0.1, 0.15) is 5.69 Å². The highest BCUT2D eigenvalue weighted by Gasteiger charge is 2.23. The molecule has 0 aromatic heterocycles. The van der Waals surface area contributed by atoms with E-state index in [1.165, 1.54) is 56.8 Å². The predicted molar refractivity (Wildman–Crippen MR) is 130 cm³/mol. The molecule has 14 heteroatoms. The molecule has 0 aliphatic heterocycles. The number of rotatable bonds is 10. The average molecular weight is 516 g/mol. The van der Waals surface area contributed by atoms with E-state index in [-0.39, 0.29) is 34.2 Å². The van der Waals surface area contributed by atoms with Crippen molar-refractivity contribution in [1.29, 1.82) is 0 Å². The number of hydrazone groups is 1. The molecule has 4 N–H and O–H groups in total. The molecule has 0 unspecified atom stereocenters. The number of benzene rings is 3. The van der Waals surface area contributed by atoms with Crippen LogP contribution in [0.1, 0.15) is 15.9 Å². The van der Waals surface area contributed by atoms with Gasteiger partial charge in [0.05, 0.1) is 41.5 Å². The fourth-order valence-electron chi connectivity index (χ4n) is 3.05. The number of nitrogens with one attached hydrogen (secondary N) is 2. The third-order valence-electron chi connectivity index (χ3n) is 4.78. The number of para-hydroxylation sites is 1. The van der Waals surface area contributed by atoms with Gasteiger partial charge in [0.25, 0.3) is 15.7 Å². The normalized spacial score (nSPS) is 11.2. The minimum Gasteiger partial charge on any atom is -0.502 e. The number of sulfonamides is 1. The molecular formula is C22H20N4O9S. The molecule has 3 rings (SSSR count). The summed E-state index contributed by atoms with van der Waals surface area (Å²) in [7, 11) is -1.66. The van der Waals surface area contributed by atoms with E-state index in [0.717, 1.165) is 18.2 Å². The molecule has 0 spiro atoms. The van der Waals surface area contributed by atoms with Crippen LogP contribution in [0, 0.1) is 10.1 Å². The summed E-state index contributed by atoms with van der Waals surface area (Å²) in [4.78, 5) is 21.7. The largest absolute Gasteiger partial charge is 0.502 e. The summed E-state index contributed by atoms with van der Waals surface area (Å²) in [6.07, 6.45) is 1.28. The topological polar surface area (TPSA) is 190 Å². The number of nitrogens with zero attached hydrogens (tertiary/aromatic N) is 2. The first-order chi connectivity index (χ1) is 17.1. The van der Waals surface area contributed by atoms with Crippen LogP contribution in [0.25, 0.3) is 0 Å². The first-order valence-corrected chi connectivity index (χ1v) is 11.4. The first kappa shape index (κ1) is 25.8. The lowest BCUT2D eigenvalue weighted by molar-refractivity contribution is -0.384. The molecule has 0 aliphatic rings. The number of phenolic OH excluding ortho intramolecular Hbond substituents is 1. The number of carboxylic acids is 1. The van der Waals surface area contributed by atoms with E-state index in [2.05, 4.69) is 15.2 Å². The zero-order chi connectivity index (χ0) is 26.5. The number of hydrogen-bond acceptors (Lipinski definition) is 10. The average Bonchev–Trinajstić information content (AvgIpc) is 2.84. The SMILES string of the molecule is COc1cc(/C=N\Nc2ccc(S(=O)(=O)Nc3ccccc3C(=O)O)cc2[N+](=O)[O-])cc(OC)c1O. The number of aromatic hydroxyl groups is 1. The van der Waals surface area contributed by atoms with E-state index in [0.29, 0.717) is 5.56 Å². The van der Waals surface area contributed by atoms with Crippen molar-refractivity contribution in [3.8, 4) is 17.2 Å². The van der Waals surface area contributed by atoms with E-state index in [1.807, 2.05) is 0 Å². The number of methoxy groups -OCH3 is 2. The molecule has 13 nitrogen and oxygen atoms in total. The third kappa shape index (κ3) is 5.61. The monoisotopic (exact) mass is 516 g/mol. The summed E-state index contributed by atoms with van der Waals surface area (Å²) in [6.45, 7) is 0. The summed E-state index contributed by atoms with van der Waals surface area (Å²) in [5.41, 5.74) is 1.71. The number of ether oxygens (including phenoxy) is 2. The van der Waals surface area contributed by atoms with Crippen molar-refractivity contribution in [2.75, 3.05) is 24.4 Å². The lowest BCUT2D eigenvalue weighted by Crippen LogP contribution is -2.16. The summed E-state index contributed by atoms with van der Waals surface area (Å²) >= 11 is 0. The van der Waals surface area contributed by atoms with Gasteiger partial charge >= 0.3 is 5.97 Å². The van der Waals surface area contributed by atoms with Crippen LogP contribution < -0.4 is 19.6 Å². The van der Waals surface area contributed by atoms with Crippen LogP contribution in [-0.2, 0) is 10.0 Å². The van der Waals surface area contributed by atoms with Crippen LogP contribution in [0.3, 0.4) is 0 Å². The van der Waals surface area contributed by atoms with Crippen LogP contribution in [0.4, 0.5) is 17.1 Å². The summed E-state index contributed by atoms with van der Waals surface area (Å²) in [6, 6.07) is 11.3. The number of carbonyl (C=O) groups is 1. The van der Waals surface area contributed by atoms with Gasteiger partial charge in [-0.2, -0.15) is 5.10 Å². The number of phenols is 1. The van der Waals surface area contributed by atoms with Crippen molar-refractivity contribution in [1.82, 2.24) is 0 Å². The van der Waals surface area contributed by atoms with E-state index in [4.69, 9.17) is 9.47 Å². The van der Waals surface area contributed by atoms with Gasteiger partial charge < -0.3 is 19.7 Å². The molecule has 0 fully saturated rings. The summed E-state index contributed by atoms with van der Waals surface area (Å²) < 4.78 is 37.8. The Kier molecular flexibility index (Phi) is 7.59. The van der Waals surface area contributed by atoms with E-state index in [1.54, 1.807) is 0 Å². The lowest BCUT2D eigenvalue weighted by Gasteiger charge is -2.11. The van der Waals surface area contributed by atoms with Gasteiger partial charge in [0.2, 0.25) is 5.75 Å². The smallest absolute Gasteiger partial charge is 0.337 e. The van der Waals surface area contributed by atoms with Crippen LogP contribution in [0.15, 0.2) is 64.6 Å². The molecule has 3 aromatic rings. The van der Waals surface area contributed by atoms with Crippen LogP contribution in [0.2, 0.25) is 0 Å². The Labute approximate surface area is 204 Å². The van der Waals surface area contributed by atoms with Crippen LogP contribution in [-0.4, -0.2) is 50.0 Å². The van der Waals surface area contributed by atoms with Crippen molar-refractivity contribution in [2.24, 2.45) is 5.10 Å². The van der Waals surface area contributed by atoms with E-state index >= 15 is 0 Å². The molecule has 0 aliphatic carbocycles. The molecule has 0 saturated heterocycles. The molecule has 0 saturated carbocycles. The van der Waals surface area contributed by atoms with Gasteiger partial charge in [-0.3, -0.25) is 20.3 Å². The van der Waals surface area contributed by atoms with Crippen molar-refractivity contribution in [2.45, 2.75) is 4.90 Å². The molecule has 188 valence electrons. The second-order valence-corrected chi connectivity index (χ2v) is 8.72. The van der Waals surface area contributed by atoms with Gasteiger partial charge in [-0.25, -0.2) is 13.2 Å². The maximum absolute atomic E-state index is 12.8. The maximum atomic E-state index is 12.8. The Hall–Kier alpha value is -4.85. The fourth-order valence-corrected chi connectivity index (χ4v) is 4.15. The van der Waals surface area contributed by atoms with E-state index < -0.39 is 31.5 Å². The molecule has 0 bridgehead atoms. The van der Waals surface area contributed by atoms with Gasteiger partial charge in [-0.15, -0.1) is 0 Å². The zero-order valence-electron chi connectivity index (χ0n) is 18.8. The van der Waals surface area contributed by atoms with Crippen molar-refractivity contribution in [3.05, 3.63) is 75.8 Å². The standard InChI is InChI=1S/C22H20N4O9S/c1-34-19-9-13(10-20(35-2)21(19)27)12-23-24-17-8-7-14(11-18(17)26(30)31)36(32,33)25-16-6-4-3-5-15(16)22(28)29/h3-12,24-25,27H,1-2H3,(H,28,29)/b23-12-. The van der Waals surface area contributed by atoms with Crippen molar-refractivity contribution >= 4 is 39.3 Å². The molecule has 0 heterocycles. The Balaban J connectivity index is 1.89. The Morgan fingerprint density at radius 1 is 1.06 bits per heavy atom. The summed E-state index contributed by atoms with van der Waals surface area (Å²) in [5.74, 6) is -1.32. The highest BCUT2D eigenvalue weighted by atomic mass is 32.2. The number of hydrogen-bond donors (Lipinski definition) is 4. The van der Waals surface area contributed by atoms with Gasteiger partial charge in [0, 0.05) is 11.6 Å². The Bertz CT molecular complexity index is 1430. The second kappa shape index (κ2) is 10.6. The predicted octanol–water partition coefficient (Wildman–Crippen LogP) is 3.26. The first-order valence-electron chi connectivity index (χ1n) is 9.95. The maximum Gasteiger partial charge on any atom is 0.337 e. The highest BCUT2D eigenvalue weighted by molar-refractivity contribution is 7.92. The lowest BCUT2D eigenvalue weighted by atomic mass is 10.2. The second-order valence-electron chi connectivity index (χ2n) is 7.04. The Morgan fingerprint density at radius 3 is 2.28 bits per heavy atom. The van der Waals surface area contributed by atoms with Crippen LogP contribution in [0.5, 0.6) is 17.2 Å². The number of nitro groups is 1. The molecule has 36 heavy (non-hydrogen) atoms. The minimum absolute atomic E-state index is 0.112. The number of carboxylic acid groups (broad SMARTS) is 1. The van der Waals surface area contributed by atoms with Crippen LogP contribution >= 0.6 is 0 Å². The highest BCUT2D eigenvalue weighted by Crippen LogP contribution is 2.36. The third-order valence-corrected chi connectivity index (χ3v) is 6.14. The van der Waals surface area contributed by atoms with Crippen molar-refractivity contribution in [3.63, 3.8) is 0 Å². The van der Waals surface area contributed by atoms with E-state index in [9.17, 15) is 33.5 Å². The number of anilines is 2. The molecule has 3 aromatic carbocycles. The Morgan fingerprint density at radius 2 is 1.69 bits per heavy atom. The van der Waals surface area contributed by atoms with Gasteiger partial charge in [-0.05, 0) is 36.4 Å².